The van der Waals surface area contributed by atoms with E-state index >= 15 is 0 Å². The van der Waals surface area contributed by atoms with Gasteiger partial charge in [-0.25, -0.2) is 4.79 Å². The molecule has 0 bridgehead atoms. The normalized spacial score (nSPS) is 17.7. The molecule has 3 N–H and O–H groups in total. The molecule has 0 aliphatic carbocycles. The van der Waals surface area contributed by atoms with Crippen LogP contribution in [0.1, 0.15) is 24.8 Å². The lowest BCUT2D eigenvalue weighted by Crippen LogP contribution is -2.42. The minimum atomic E-state index is -0.858. The van der Waals surface area contributed by atoms with Gasteiger partial charge in [0.05, 0.1) is 0 Å². The highest BCUT2D eigenvalue weighted by Crippen LogP contribution is 2.17. The third kappa shape index (κ3) is 5.37. The highest BCUT2D eigenvalue weighted by Gasteiger charge is 2.30. The van der Waals surface area contributed by atoms with Gasteiger partial charge in [0.25, 0.3) is 0 Å². The number of benzene rings is 1. The molecule has 3 amide bonds. The number of carbonyl (C=O) groups excluding carboxylic acids is 2. The van der Waals surface area contributed by atoms with Crippen molar-refractivity contribution in [3.63, 3.8) is 0 Å². The van der Waals surface area contributed by atoms with E-state index in [0.717, 1.165) is 12.0 Å². The molecule has 7 nitrogen and oxygen atoms in total. The number of hydrogen-bond acceptors (Lipinski definition) is 4. The molecule has 0 unspecified atom stereocenters. The fourth-order valence-corrected chi connectivity index (χ4v) is 2.63. The number of hydrogen-bond donors (Lipinski definition) is 3. The Labute approximate surface area is 134 Å². The highest BCUT2D eigenvalue weighted by atomic mass is 16.4. The Morgan fingerprint density at radius 2 is 1.96 bits per heavy atom. The van der Waals surface area contributed by atoms with Crippen LogP contribution in [0.15, 0.2) is 30.3 Å². The largest absolute Gasteiger partial charge is 0.480 e. The zero-order chi connectivity index (χ0) is 16.7. The van der Waals surface area contributed by atoms with Gasteiger partial charge in [0, 0.05) is 19.5 Å². The van der Waals surface area contributed by atoms with Gasteiger partial charge in [0.15, 0.2) is 0 Å². The fourth-order valence-electron chi connectivity index (χ4n) is 2.63. The first-order valence-corrected chi connectivity index (χ1v) is 7.64. The lowest BCUT2D eigenvalue weighted by atomic mass is 10.2. The average molecular weight is 319 g/mol. The third-order valence-corrected chi connectivity index (χ3v) is 3.82. The van der Waals surface area contributed by atoms with Crippen molar-refractivity contribution >= 4 is 17.9 Å². The van der Waals surface area contributed by atoms with Gasteiger partial charge in [-0.3, -0.25) is 19.8 Å². The number of nitrogens with zero attached hydrogens (tertiary/aromatic N) is 1. The molecule has 2 rings (SSSR count). The maximum atomic E-state index is 11.8. The van der Waals surface area contributed by atoms with Gasteiger partial charge < -0.3 is 10.4 Å². The van der Waals surface area contributed by atoms with Crippen LogP contribution in [-0.2, 0) is 16.1 Å². The van der Waals surface area contributed by atoms with Crippen molar-refractivity contribution in [1.82, 2.24) is 15.5 Å². The molecule has 124 valence electrons. The Kier molecular flexibility index (Phi) is 6.10. The highest BCUT2D eigenvalue weighted by molar-refractivity contribution is 5.94. The predicted molar refractivity (Wildman–Crippen MR) is 83.7 cm³/mol. The van der Waals surface area contributed by atoms with E-state index in [0.29, 0.717) is 26.1 Å². The van der Waals surface area contributed by atoms with Gasteiger partial charge in [-0.05, 0) is 24.9 Å². The summed E-state index contributed by atoms with van der Waals surface area (Å²) in [7, 11) is 0. The Bertz CT molecular complexity index is 562. The third-order valence-electron chi connectivity index (χ3n) is 3.82. The van der Waals surface area contributed by atoms with Gasteiger partial charge >= 0.3 is 12.0 Å². The van der Waals surface area contributed by atoms with Crippen LogP contribution in [0.2, 0.25) is 0 Å². The van der Waals surface area contributed by atoms with Gasteiger partial charge in [-0.2, -0.15) is 0 Å². The van der Waals surface area contributed by atoms with Crippen LogP contribution in [0, 0.1) is 0 Å². The molecule has 1 aromatic rings. The van der Waals surface area contributed by atoms with Crippen molar-refractivity contribution < 1.29 is 19.5 Å². The van der Waals surface area contributed by atoms with Crippen molar-refractivity contribution in [3.8, 4) is 0 Å². The Balaban J connectivity index is 1.68. The number of carboxylic acids is 1. The molecular formula is C16H21N3O4. The predicted octanol–water partition coefficient (Wildman–Crippen LogP) is 0.952. The van der Waals surface area contributed by atoms with E-state index in [1.54, 1.807) is 4.90 Å². The maximum absolute atomic E-state index is 11.8. The summed E-state index contributed by atoms with van der Waals surface area (Å²) in [5, 5.41) is 13.9. The molecule has 1 aliphatic heterocycles. The van der Waals surface area contributed by atoms with Crippen molar-refractivity contribution in [1.29, 1.82) is 0 Å². The van der Waals surface area contributed by atoms with E-state index in [4.69, 9.17) is 5.11 Å². The number of amides is 3. The number of nitrogens with one attached hydrogen (secondary N) is 2. The van der Waals surface area contributed by atoms with Gasteiger partial charge in [0.1, 0.15) is 6.04 Å². The minimum Gasteiger partial charge on any atom is -0.480 e. The van der Waals surface area contributed by atoms with Crippen LogP contribution in [0.3, 0.4) is 0 Å². The van der Waals surface area contributed by atoms with E-state index < -0.39 is 23.9 Å². The quantitative estimate of drug-likeness (QED) is 0.725. The molecule has 1 aliphatic rings. The zero-order valence-electron chi connectivity index (χ0n) is 12.8. The van der Waals surface area contributed by atoms with Crippen molar-refractivity contribution in [2.75, 3.05) is 13.1 Å². The first-order chi connectivity index (χ1) is 11.1. The van der Waals surface area contributed by atoms with E-state index in [-0.39, 0.29) is 6.42 Å². The molecule has 7 heteroatoms. The molecule has 1 heterocycles. The second-order valence-corrected chi connectivity index (χ2v) is 5.50. The van der Waals surface area contributed by atoms with Crippen LogP contribution in [0.5, 0.6) is 0 Å². The van der Waals surface area contributed by atoms with Crippen molar-refractivity contribution in [2.24, 2.45) is 0 Å². The van der Waals surface area contributed by atoms with E-state index in [1.807, 2.05) is 30.3 Å². The Morgan fingerprint density at radius 1 is 1.22 bits per heavy atom. The van der Waals surface area contributed by atoms with Crippen LogP contribution in [0.25, 0.3) is 0 Å². The lowest BCUT2D eigenvalue weighted by Gasteiger charge is -2.20. The lowest BCUT2D eigenvalue weighted by molar-refractivity contribution is -0.142. The summed E-state index contributed by atoms with van der Waals surface area (Å²) < 4.78 is 0. The Hall–Kier alpha value is -2.41. The van der Waals surface area contributed by atoms with E-state index in [9.17, 15) is 14.4 Å². The number of aliphatic carboxylic acids is 1. The first kappa shape index (κ1) is 17.0. The van der Waals surface area contributed by atoms with Crippen LogP contribution >= 0.6 is 0 Å². The van der Waals surface area contributed by atoms with Gasteiger partial charge in [0.2, 0.25) is 5.91 Å². The summed E-state index contributed by atoms with van der Waals surface area (Å²) in [4.78, 5) is 36.2. The topological polar surface area (TPSA) is 98.7 Å². The van der Waals surface area contributed by atoms with Crippen LogP contribution in [-0.4, -0.2) is 47.0 Å². The van der Waals surface area contributed by atoms with E-state index in [1.165, 1.54) is 0 Å². The number of rotatable bonds is 6. The van der Waals surface area contributed by atoms with Crippen LogP contribution in [0.4, 0.5) is 4.79 Å². The Morgan fingerprint density at radius 3 is 2.65 bits per heavy atom. The molecule has 0 saturated carbocycles. The summed E-state index contributed by atoms with van der Waals surface area (Å²) in [6.45, 7) is 1.35. The van der Waals surface area contributed by atoms with Crippen molar-refractivity contribution in [3.05, 3.63) is 35.9 Å². The number of carbonyl (C=O) groups is 3. The molecule has 1 saturated heterocycles. The second kappa shape index (κ2) is 8.28. The van der Waals surface area contributed by atoms with Gasteiger partial charge in [-0.1, -0.05) is 30.3 Å². The molecule has 0 radical (unpaired) electrons. The summed E-state index contributed by atoms with van der Waals surface area (Å²) in [6, 6.07) is 8.31. The van der Waals surface area contributed by atoms with E-state index in [2.05, 4.69) is 10.6 Å². The maximum Gasteiger partial charge on any atom is 0.321 e. The summed E-state index contributed by atoms with van der Waals surface area (Å²) in [5.74, 6) is -1.27. The number of imide groups is 1. The fraction of sp³-hybridized carbons (Fsp3) is 0.438. The molecular weight excluding hydrogens is 298 g/mol. The zero-order valence-corrected chi connectivity index (χ0v) is 12.8. The number of carboxylic acid groups (broad SMARTS) is 1. The molecule has 1 fully saturated rings. The molecule has 1 atom stereocenters. The number of likely N-dealkylation sites (tertiary alicyclic amines) is 1. The monoisotopic (exact) mass is 319 g/mol. The summed E-state index contributed by atoms with van der Waals surface area (Å²) in [5.41, 5.74) is 0.941. The summed E-state index contributed by atoms with van der Waals surface area (Å²) >= 11 is 0. The molecule has 0 spiro atoms. The summed E-state index contributed by atoms with van der Waals surface area (Å²) in [6.07, 6.45) is 1.52. The molecule has 0 aromatic heterocycles. The average Bonchev–Trinajstić information content (AvgIpc) is 3.01. The number of urea groups is 1. The molecule has 1 aromatic carbocycles. The second-order valence-electron chi connectivity index (χ2n) is 5.50. The standard InChI is InChI=1S/C16H21N3O4/c20-14(8-10-19-9-4-7-13(19)15(21)22)18-16(23)17-11-12-5-2-1-3-6-12/h1-3,5-6,13H,4,7-11H2,(H,21,22)(H2,17,18,20,23)/t13-/m0/s1. The minimum absolute atomic E-state index is 0.0997. The molecule has 23 heavy (non-hydrogen) atoms. The van der Waals surface area contributed by atoms with Crippen molar-refractivity contribution in [2.45, 2.75) is 31.8 Å². The SMILES string of the molecule is O=C(CCN1CCC[C@H]1C(=O)O)NC(=O)NCc1ccccc1. The van der Waals surface area contributed by atoms with Crippen LogP contribution < -0.4 is 10.6 Å². The smallest absolute Gasteiger partial charge is 0.321 e. The van der Waals surface area contributed by atoms with Gasteiger partial charge in [-0.15, -0.1) is 0 Å². The first-order valence-electron chi connectivity index (χ1n) is 7.64.